The van der Waals surface area contributed by atoms with E-state index in [1.165, 1.54) is 18.4 Å². The lowest BCUT2D eigenvalue weighted by Crippen LogP contribution is -2.38. The van der Waals surface area contributed by atoms with Gasteiger partial charge < -0.3 is 14.7 Å². The molecule has 25 heavy (non-hydrogen) atoms. The molecule has 2 fully saturated rings. The van der Waals surface area contributed by atoms with E-state index in [1.54, 1.807) is 6.33 Å². The van der Waals surface area contributed by atoms with E-state index in [9.17, 15) is 0 Å². The van der Waals surface area contributed by atoms with Gasteiger partial charge in [0.15, 0.2) is 0 Å². The lowest BCUT2D eigenvalue weighted by molar-refractivity contribution is 0.209. The van der Waals surface area contributed by atoms with Gasteiger partial charge in [-0.3, -0.25) is 4.90 Å². The Hall–Kier alpha value is -2.15. The summed E-state index contributed by atoms with van der Waals surface area (Å²) in [6.07, 6.45) is 8.26. The van der Waals surface area contributed by atoms with Crippen LogP contribution < -0.4 is 10.2 Å². The third-order valence-electron chi connectivity index (χ3n) is 5.07. The zero-order valence-electron chi connectivity index (χ0n) is 15.0. The molecule has 2 aromatic rings. The molecule has 0 atom stereocenters. The molecule has 7 nitrogen and oxygen atoms in total. The number of nitrogens with one attached hydrogen (secondary N) is 1. The molecular formula is C18H26N6O. The highest BCUT2D eigenvalue weighted by Crippen LogP contribution is 2.41. The van der Waals surface area contributed by atoms with Crippen molar-refractivity contribution < 1.29 is 4.52 Å². The van der Waals surface area contributed by atoms with Crippen LogP contribution in [-0.2, 0) is 6.54 Å². The number of piperidine rings is 1. The van der Waals surface area contributed by atoms with Crippen LogP contribution >= 0.6 is 0 Å². The Bertz CT molecular complexity index is 703. The van der Waals surface area contributed by atoms with Crippen molar-refractivity contribution in [3.63, 3.8) is 0 Å². The van der Waals surface area contributed by atoms with Crippen molar-refractivity contribution in [3.8, 4) is 0 Å². The second-order valence-electron chi connectivity index (χ2n) is 7.34. The van der Waals surface area contributed by atoms with Crippen LogP contribution in [0.15, 0.2) is 23.1 Å². The Balaban J connectivity index is 1.29. The second-order valence-corrected chi connectivity index (χ2v) is 7.34. The Morgan fingerprint density at radius 1 is 1.20 bits per heavy atom. The van der Waals surface area contributed by atoms with Gasteiger partial charge in [-0.15, -0.1) is 0 Å². The highest BCUT2D eigenvalue weighted by atomic mass is 16.5. The molecule has 0 bridgehead atoms. The van der Waals surface area contributed by atoms with Gasteiger partial charge in [0.05, 0.1) is 6.20 Å². The Kier molecular flexibility index (Phi) is 4.57. The van der Waals surface area contributed by atoms with Crippen LogP contribution in [0.1, 0.15) is 42.9 Å². The molecule has 1 saturated carbocycles. The monoisotopic (exact) mass is 342 g/mol. The summed E-state index contributed by atoms with van der Waals surface area (Å²) in [7, 11) is 3.98. The summed E-state index contributed by atoms with van der Waals surface area (Å²) in [6, 6.07) is 2.47. The van der Waals surface area contributed by atoms with E-state index in [0.29, 0.717) is 12.0 Å². The molecule has 0 aromatic carbocycles. The topological polar surface area (TPSA) is 70.3 Å². The molecule has 0 radical (unpaired) electrons. The van der Waals surface area contributed by atoms with Crippen molar-refractivity contribution in [2.75, 3.05) is 37.4 Å². The summed E-state index contributed by atoms with van der Waals surface area (Å²) in [6.45, 7) is 3.12. The predicted octanol–water partition coefficient (Wildman–Crippen LogP) is 2.48. The fraction of sp³-hybridized carbons (Fsp3) is 0.611. The van der Waals surface area contributed by atoms with Crippen LogP contribution in [0.25, 0.3) is 0 Å². The van der Waals surface area contributed by atoms with Crippen molar-refractivity contribution in [2.24, 2.45) is 0 Å². The van der Waals surface area contributed by atoms with Crippen molar-refractivity contribution in [1.82, 2.24) is 20.0 Å². The summed E-state index contributed by atoms with van der Waals surface area (Å²) in [5, 5.41) is 7.57. The molecule has 0 amide bonds. The van der Waals surface area contributed by atoms with Gasteiger partial charge in [-0.05, 0) is 25.7 Å². The van der Waals surface area contributed by atoms with Crippen LogP contribution in [0.3, 0.4) is 0 Å². The first kappa shape index (κ1) is 16.3. The largest absolute Gasteiger partial charge is 0.367 e. The molecule has 4 rings (SSSR count). The standard InChI is InChI=1S/C18H26N6O/c1-23(2)17-9-16(19-12-20-17)22-15-5-7-24(8-6-15)11-14-10-21-25-18(14)13-3-4-13/h9-10,12-13,15H,3-8,11H2,1-2H3,(H,19,20,22). The van der Waals surface area contributed by atoms with Gasteiger partial charge in [0, 0.05) is 57.3 Å². The minimum Gasteiger partial charge on any atom is -0.367 e. The van der Waals surface area contributed by atoms with E-state index >= 15 is 0 Å². The highest BCUT2D eigenvalue weighted by Gasteiger charge is 2.31. The number of hydrogen-bond donors (Lipinski definition) is 1. The number of rotatable bonds is 6. The van der Waals surface area contributed by atoms with Crippen LogP contribution in [0, 0.1) is 0 Å². The molecule has 7 heteroatoms. The van der Waals surface area contributed by atoms with Crippen molar-refractivity contribution in [1.29, 1.82) is 0 Å². The smallest absolute Gasteiger partial charge is 0.144 e. The molecule has 0 spiro atoms. The van der Waals surface area contributed by atoms with Gasteiger partial charge in [-0.2, -0.15) is 0 Å². The van der Waals surface area contributed by atoms with Crippen LogP contribution in [-0.4, -0.2) is 53.3 Å². The maximum absolute atomic E-state index is 5.45. The van der Waals surface area contributed by atoms with E-state index in [0.717, 1.165) is 49.9 Å². The Morgan fingerprint density at radius 3 is 2.72 bits per heavy atom. The van der Waals surface area contributed by atoms with E-state index < -0.39 is 0 Å². The van der Waals surface area contributed by atoms with Gasteiger partial charge >= 0.3 is 0 Å². The summed E-state index contributed by atoms with van der Waals surface area (Å²) >= 11 is 0. The predicted molar refractivity (Wildman–Crippen MR) is 96.8 cm³/mol. The molecule has 1 aliphatic heterocycles. The van der Waals surface area contributed by atoms with Gasteiger partial charge in [0.1, 0.15) is 23.7 Å². The van der Waals surface area contributed by atoms with Gasteiger partial charge in [0.25, 0.3) is 0 Å². The third kappa shape index (κ3) is 3.92. The second kappa shape index (κ2) is 7.00. The van der Waals surface area contributed by atoms with E-state index in [2.05, 4.69) is 25.3 Å². The maximum Gasteiger partial charge on any atom is 0.144 e. The molecule has 1 aliphatic carbocycles. The van der Waals surface area contributed by atoms with Crippen molar-refractivity contribution in [3.05, 3.63) is 29.9 Å². The first-order valence-electron chi connectivity index (χ1n) is 9.11. The summed E-state index contributed by atoms with van der Waals surface area (Å²) in [5.41, 5.74) is 1.28. The minimum atomic E-state index is 0.464. The van der Waals surface area contributed by atoms with Gasteiger partial charge in [-0.1, -0.05) is 5.16 Å². The molecule has 2 aromatic heterocycles. The summed E-state index contributed by atoms with van der Waals surface area (Å²) in [5.74, 6) is 3.58. The SMILES string of the molecule is CN(C)c1cc(NC2CCN(Cc3cnoc3C3CC3)CC2)ncn1. The van der Waals surface area contributed by atoms with Crippen molar-refractivity contribution in [2.45, 2.75) is 44.2 Å². The quantitative estimate of drug-likeness (QED) is 0.865. The molecule has 0 unspecified atom stereocenters. The zero-order valence-corrected chi connectivity index (χ0v) is 15.0. The average Bonchev–Trinajstić information content (AvgIpc) is 3.36. The fourth-order valence-corrected chi connectivity index (χ4v) is 3.43. The van der Waals surface area contributed by atoms with Gasteiger partial charge in [-0.25, -0.2) is 9.97 Å². The molecule has 1 saturated heterocycles. The average molecular weight is 342 g/mol. The van der Waals surface area contributed by atoms with Crippen molar-refractivity contribution >= 4 is 11.6 Å². The molecule has 3 heterocycles. The van der Waals surface area contributed by atoms with E-state index in [-0.39, 0.29) is 0 Å². The first-order chi connectivity index (χ1) is 12.2. The number of nitrogens with zero attached hydrogens (tertiary/aromatic N) is 5. The molecule has 134 valence electrons. The Morgan fingerprint density at radius 2 is 2.00 bits per heavy atom. The lowest BCUT2D eigenvalue weighted by atomic mass is 10.0. The molecular weight excluding hydrogens is 316 g/mol. The van der Waals surface area contributed by atoms with Crippen LogP contribution in [0.5, 0.6) is 0 Å². The number of aromatic nitrogens is 3. The minimum absolute atomic E-state index is 0.464. The van der Waals surface area contributed by atoms with Gasteiger partial charge in [0.2, 0.25) is 0 Å². The normalized spacial score (nSPS) is 19.1. The maximum atomic E-state index is 5.45. The number of hydrogen-bond acceptors (Lipinski definition) is 7. The zero-order chi connectivity index (χ0) is 17.2. The van der Waals surface area contributed by atoms with E-state index in [1.807, 2.05) is 31.3 Å². The highest BCUT2D eigenvalue weighted by molar-refractivity contribution is 5.47. The lowest BCUT2D eigenvalue weighted by Gasteiger charge is -2.32. The Labute approximate surface area is 148 Å². The van der Waals surface area contributed by atoms with Crippen LogP contribution in [0.2, 0.25) is 0 Å². The van der Waals surface area contributed by atoms with E-state index in [4.69, 9.17) is 4.52 Å². The first-order valence-corrected chi connectivity index (χ1v) is 9.11. The molecule has 1 N–H and O–H groups in total. The number of anilines is 2. The summed E-state index contributed by atoms with van der Waals surface area (Å²) in [4.78, 5) is 13.1. The summed E-state index contributed by atoms with van der Waals surface area (Å²) < 4.78 is 5.45. The third-order valence-corrected chi connectivity index (χ3v) is 5.07. The molecule has 2 aliphatic rings. The fourth-order valence-electron chi connectivity index (χ4n) is 3.43. The number of likely N-dealkylation sites (tertiary alicyclic amines) is 1. The van der Waals surface area contributed by atoms with Crippen LogP contribution in [0.4, 0.5) is 11.6 Å².